The van der Waals surface area contributed by atoms with E-state index in [9.17, 15) is 4.79 Å². The number of Topliss-reactive ketones (excluding diaryl/α,β-unsaturated/α-hetero) is 1. The van der Waals surface area contributed by atoms with Crippen LogP contribution in [0.15, 0.2) is 36.5 Å². The molecule has 0 N–H and O–H groups in total. The van der Waals surface area contributed by atoms with Crippen LogP contribution in [-0.4, -0.2) is 5.78 Å². The lowest BCUT2D eigenvalue weighted by Crippen LogP contribution is -2.33. The van der Waals surface area contributed by atoms with Crippen molar-refractivity contribution in [1.29, 1.82) is 0 Å². The van der Waals surface area contributed by atoms with Gasteiger partial charge in [0.1, 0.15) is 0 Å². The lowest BCUT2D eigenvalue weighted by atomic mass is 9.70. The number of hydrogen-bond donors (Lipinski definition) is 0. The van der Waals surface area contributed by atoms with Gasteiger partial charge < -0.3 is 0 Å². The number of allylic oxidation sites excluding steroid dienone is 5. The van der Waals surface area contributed by atoms with Crippen LogP contribution in [0.2, 0.25) is 0 Å². The van der Waals surface area contributed by atoms with Crippen molar-refractivity contribution in [2.45, 2.75) is 34.1 Å². The molecule has 0 aromatic heterocycles. The van der Waals surface area contributed by atoms with E-state index in [1.165, 1.54) is 0 Å². The van der Waals surface area contributed by atoms with Crippen molar-refractivity contribution in [3.8, 4) is 0 Å². The number of rotatable bonds is 2. The molecule has 0 bridgehead atoms. The highest BCUT2D eigenvalue weighted by atomic mass is 16.1. The molecule has 82 valence electrons. The van der Waals surface area contributed by atoms with Gasteiger partial charge in [-0.3, -0.25) is 4.79 Å². The molecule has 1 atom stereocenters. The van der Waals surface area contributed by atoms with Gasteiger partial charge in [-0.05, 0) is 18.8 Å². The Morgan fingerprint density at radius 3 is 2.53 bits per heavy atom. The van der Waals surface area contributed by atoms with Gasteiger partial charge in [0.05, 0.1) is 5.41 Å². The zero-order valence-electron chi connectivity index (χ0n) is 10.1. The molecule has 15 heavy (non-hydrogen) atoms. The molecule has 1 aliphatic rings. The van der Waals surface area contributed by atoms with E-state index in [-0.39, 0.29) is 16.6 Å². The van der Waals surface area contributed by atoms with Crippen molar-refractivity contribution >= 4 is 5.78 Å². The molecule has 0 spiro atoms. The van der Waals surface area contributed by atoms with Gasteiger partial charge in [-0.2, -0.15) is 0 Å². The third-order valence-electron chi connectivity index (χ3n) is 2.87. The Hall–Kier alpha value is -1.11. The molecule has 0 aromatic rings. The number of hydrogen-bond acceptors (Lipinski definition) is 1. The average Bonchev–Trinajstić information content (AvgIpc) is 2.08. The molecule has 1 nitrogen and oxygen atoms in total. The van der Waals surface area contributed by atoms with E-state index in [2.05, 4.69) is 27.4 Å². The van der Waals surface area contributed by atoms with Crippen molar-refractivity contribution in [1.82, 2.24) is 0 Å². The second kappa shape index (κ2) is 3.80. The number of carbonyl (C=O) groups is 1. The Labute approximate surface area is 92.6 Å². The fraction of sp³-hybridized carbons (Fsp3) is 0.500. The average molecular weight is 204 g/mol. The van der Waals surface area contributed by atoms with Gasteiger partial charge in [-0.1, -0.05) is 45.1 Å². The van der Waals surface area contributed by atoms with Gasteiger partial charge in [-0.25, -0.2) is 0 Å². The first-order valence-corrected chi connectivity index (χ1v) is 5.37. The highest BCUT2D eigenvalue weighted by Crippen LogP contribution is 2.38. The lowest BCUT2D eigenvalue weighted by Gasteiger charge is -2.32. The van der Waals surface area contributed by atoms with E-state index in [1.54, 1.807) is 0 Å². The second-order valence-electron chi connectivity index (χ2n) is 5.43. The van der Waals surface area contributed by atoms with Gasteiger partial charge in [-0.15, -0.1) is 6.58 Å². The molecular weight excluding hydrogens is 184 g/mol. The Balaban J connectivity index is 3.08. The highest BCUT2D eigenvalue weighted by Gasteiger charge is 2.37. The fourth-order valence-corrected chi connectivity index (χ4v) is 1.87. The summed E-state index contributed by atoms with van der Waals surface area (Å²) in [5.41, 5.74) is 0.443. The summed E-state index contributed by atoms with van der Waals surface area (Å²) in [4.78, 5) is 12.3. The Morgan fingerprint density at radius 1 is 1.47 bits per heavy atom. The molecule has 1 heteroatoms. The number of carbonyl (C=O) groups excluding carboxylic acids is 1. The first-order chi connectivity index (χ1) is 6.81. The van der Waals surface area contributed by atoms with Crippen molar-refractivity contribution < 1.29 is 4.79 Å². The normalized spacial score (nSPS) is 26.4. The van der Waals surface area contributed by atoms with Crippen LogP contribution in [0.25, 0.3) is 0 Å². The van der Waals surface area contributed by atoms with E-state index >= 15 is 0 Å². The Morgan fingerprint density at radius 2 is 2.07 bits per heavy atom. The summed E-state index contributed by atoms with van der Waals surface area (Å²) in [6.45, 7) is 11.9. The van der Waals surface area contributed by atoms with Crippen LogP contribution in [0, 0.1) is 10.8 Å². The maximum Gasteiger partial charge on any atom is 0.169 e. The van der Waals surface area contributed by atoms with Crippen LogP contribution in [0.1, 0.15) is 34.1 Å². The zero-order valence-corrected chi connectivity index (χ0v) is 10.1. The molecule has 1 aliphatic carbocycles. The van der Waals surface area contributed by atoms with Crippen LogP contribution in [-0.2, 0) is 4.79 Å². The molecule has 1 rings (SSSR count). The van der Waals surface area contributed by atoms with Crippen molar-refractivity contribution in [2.75, 3.05) is 0 Å². The molecular formula is C14H20O. The van der Waals surface area contributed by atoms with Crippen molar-refractivity contribution in [3.05, 3.63) is 36.5 Å². The van der Waals surface area contributed by atoms with Crippen LogP contribution in [0.3, 0.4) is 0 Å². The first-order valence-electron chi connectivity index (χ1n) is 5.37. The number of ketones is 1. The van der Waals surface area contributed by atoms with Crippen molar-refractivity contribution in [3.63, 3.8) is 0 Å². The summed E-state index contributed by atoms with van der Waals surface area (Å²) in [6, 6.07) is 0. The molecule has 0 aromatic carbocycles. The largest absolute Gasteiger partial charge is 0.294 e. The van der Waals surface area contributed by atoms with E-state index in [0.717, 1.165) is 5.57 Å². The quantitative estimate of drug-likeness (QED) is 0.627. The molecule has 0 aliphatic heterocycles. The summed E-state index contributed by atoms with van der Waals surface area (Å²) < 4.78 is 0. The topological polar surface area (TPSA) is 17.1 Å². The molecule has 1 unspecified atom stereocenters. The fourth-order valence-electron chi connectivity index (χ4n) is 1.87. The summed E-state index contributed by atoms with van der Waals surface area (Å²) in [5.74, 6) is 0.234. The predicted molar refractivity (Wildman–Crippen MR) is 64.6 cm³/mol. The third kappa shape index (κ3) is 2.28. The van der Waals surface area contributed by atoms with Gasteiger partial charge in [0, 0.05) is 5.57 Å². The lowest BCUT2D eigenvalue weighted by molar-refractivity contribution is -0.122. The van der Waals surface area contributed by atoms with E-state index < -0.39 is 0 Å². The summed E-state index contributed by atoms with van der Waals surface area (Å²) in [7, 11) is 0. The monoisotopic (exact) mass is 204 g/mol. The molecule has 0 saturated heterocycles. The van der Waals surface area contributed by atoms with Crippen molar-refractivity contribution in [2.24, 2.45) is 10.8 Å². The summed E-state index contributed by atoms with van der Waals surface area (Å²) in [6.07, 6.45) is 8.43. The Kier molecular flexibility index (Phi) is 3.03. The van der Waals surface area contributed by atoms with Gasteiger partial charge in [0.25, 0.3) is 0 Å². The minimum Gasteiger partial charge on any atom is -0.294 e. The maximum absolute atomic E-state index is 12.3. The van der Waals surface area contributed by atoms with E-state index in [0.29, 0.717) is 6.42 Å². The SMILES string of the molecule is C=CCC1(C)C=CC=C(C(C)(C)C)C1=O. The Bertz CT molecular complexity index is 339. The van der Waals surface area contributed by atoms with Crippen LogP contribution in [0.5, 0.6) is 0 Å². The highest BCUT2D eigenvalue weighted by molar-refractivity contribution is 6.03. The van der Waals surface area contributed by atoms with E-state index in [4.69, 9.17) is 0 Å². The zero-order chi connectivity index (χ0) is 11.7. The van der Waals surface area contributed by atoms with Gasteiger partial charge in [0.15, 0.2) is 5.78 Å². The predicted octanol–water partition coefficient (Wildman–Crippen LogP) is 3.68. The molecule has 0 radical (unpaired) electrons. The summed E-state index contributed by atoms with van der Waals surface area (Å²) >= 11 is 0. The second-order valence-corrected chi connectivity index (χ2v) is 5.43. The smallest absolute Gasteiger partial charge is 0.169 e. The van der Waals surface area contributed by atoms with Gasteiger partial charge in [0.2, 0.25) is 0 Å². The van der Waals surface area contributed by atoms with Crippen LogP contribution < -0.4 is 0 Å². The van der Waals surface area contributed by atoms with Crippen LogP contribution >= 0.6 is 0 Å². The first kappa shape index (κ1) is 12.0. The summed E-state index contributed by atoms with van der Waals surface area (Å²) in [5, 5.41) is 0. The maximum atomic E-state index is 12.3. The molecule has 0 amide bonds. The van der Waals surface area contributed by atoms with Gasteiger partial charge >= 0.3 is 0 Å². The minimum absolute atomic E-state index is 0.0791. The third-order valence-corrected chi connectivity index (χ3v) is 2.87. The van der Waals surface area contributed by atoms with Crippen LogP contribution in [0.4, 0.5) is 0 Å². The molecule has 0 fully saturated rings. The standard InChI is InChI=1S/C14H20O/c1-6-9-14(5)10-7-8-11(12(14)15)13(2,3)4/h6-8,10H,1,9H2,2-5H3. The minimum atomic E-state index is -0.390. The van der Waals surface area contributed by atoms with E-state index in [1.807, 2.05) is 31.2 Å². The molecule has 0 heterocycles. The molecule has 0 saturated carbocycles.